The summed E-state index contributed by atoms with van der Waals surface area (Å²) in [6.07, 6.45) is 1.11. The van der Waals surface area contributed by atoms with Gasteiger partial charge in [0, 0.05) is 42.2 Å². The summed E-state index contributed by atoms with van der Waals surface area (Å²) in [6.45, 7) is 1.93. The fourth-order valence-corrected chi connectivity index (χ4v) is 5.52. The number of halogens is 1. The van der Waals surface area contributed by atoms with Gasteiger partial charge in [-0.2, -0.15) is 0 Å². The summed E-state index contributed by atoms with van der Waals surface area (Å²) in [5, 5.41) is 3.13. The number of sulfonamides is 1. The normalized spacial score (nSPS) is 11.7. The number of carbonyl (C=O) groups is 1. The molecule has 0 saturated heterocycles. The molecule has 0 spiro atoms. The van der Waals surface area contributed by atoms with E-state index >= 15 is 0 Å². The lowest BCUT2D eigenvalue weighted by Crippen LogP contribution is -2.25. The van der Waals surface area contributed by atoms with Gasteiger partial charge in [-0.1, -0.05) is 18.2 Å². The standard InChI is InChI=1S/C32H26FN3O5S/c1-18-13-20(15-21(14-18)32-35-25-7-5-6-8-27(25)41-32)23-16-24-28(17-26(23)36(3)42(4,38)39)40-30(29(24)31(37)34-2)19-9-11-22(33)12-10-19/h5-17H,1-4H3,(H,34,37). The Morgan fingerprint density at radius 3 is 2.31 bits per heavy atom. The monoisotopic (exact) mass is 583 g/mol. The van der Waals surface area contributed by atoms with E-state index in [9.17, 15) is 17.6 Å². The van der Waals surface area contributed by atoms with Crippen LogP contribution in [0.2, 0.25) is 0 Å². The number of para-hydroxylation sites is 2. The minimum absolute atomic E-state index is 0.242. The molecule has 212 valence electrons. The fourth-order valence-electron chi connectivity index (χ4n) is 5.02. The Kier molecular flexibility index (Phi) is 6.58. The van der Waals surface area contributed by atoms with Crippen LogP contribution in [0, 0.1) is 12.7 Å². The number of aromatic nitrogens is 1. The van der Waals surface area contributed by atoms with Crippen molar-refractivity contribution in [1.29, 1.82) is 0 Å². The lowest BCUT2D eigenvalue weighted by atomic mass is 9.96. The lowest BCUT2D eigenvalue weighted by molar-refractivity contribution is 0.0964. The Balaban J connectivity index is 1.63. The second-order valence-electron chi connectivity index (χ2n) is 10.1. The molecule has 0 aliphatic rings. The second-order valence-corrected chi connectivity index (χ2v) is 12.1. The van der Waals surface area contributed by atoms with Gasteiger partial charge in [0.1, 0.15) is 22.7 Å². The number of benzene rings is 4. The average molecular weight is 584 g/mol. The number of oxazole rings is 1. The molecular formula is C32H26FN3O5S. The van der Waals surface area contributed by atoms with Crippen LogP contribution >= 0.6 is 0 Å². The van der Waals surface area contributed by atoms with Crippen molar-refractivity contribution >= 4 is 43.7 Å². The molecule has 0 atom stereocenters. The van der Waals surface area contributed by atoms with Crippen molar-refractivity contribution in [2.75, 3.05) is 24.7 Å². The molecular weight excluding hydrogens is 557 g/mol. The third-order valence-electron chi connectivity index (χ3n) is 7.13. The van der Waals surface area contributed by atoms with Crippen molar-refractivity contribution in [3.63, 3.8) is 0 Å². The maximum atomic E-state index is 13.7. The van der Waals surface area contributed by atoms with Crippen LogP contribution in [0.3, 0.4) is 0 Å². The Bertz CT molecular complexity index is 2080. The predicted molar refractivity (Wildman–Crippen MR) is 161 cm³/mol. The first-order valence-electron chi connectivity index (χ1n) is 13.0. The number of rotatable bonds is 6. The molecule has 0 fully saturated rings. The van der Waals surface area contributed by atoms with Crippen LogP contribution in [0.25, 0.3) is 56.0 Å². The summed E-state index contributed by atoms with van der Waals surface area (Å²) in [6, 6.07) is 22.2. The summed E-state index contributed by atoms with van der Waals surface area (Å²) >= 11 is 0. The maximum absolute atomic E-state index is 13.7. The van der Waals surface area contributed by atoms with Crippen molar-refractivity contribution in [1.82, 2.24) is 10.3 Å². The van der Waals surface area contributed by atoms with Gasteiger partial charge < -0.3 is 14.2 Å². The number of anilines is 1. The van der Waals surface area contributed by atoms with E-state index in [0.29, 0.717) is 50.4 Å². The minimum atomic E-state index is -3.69. The molecule has 0 aliphatic carbocycles. The number of furan rings is 1. The van der Waals surface area contributed by atoms with Gasteiger partial charge in [0.25, 0.3) is 5.91 Å². The molecule has 6 aromatic rings. The van der Waals surface area contributed by atoms with Gasteiger partial charge in [-0.15, -0.1) is 0 Å². The molecule has 0 aliphatic heterocycles. The molecule has 0 saturated carbocycles. The zero-order chi connectivity index (χ0) is 29.8. The number of fused-ring (bicyclic) bond motifs is 2. The van der Waals surface area contributed by atoms with Crippen LogP contribution < -0.4 is 9.62 Å². The first-order valence-corrected chi connectivity index (χ1v) is 14.9. The van der Waals surface area contributed by atoms with Crippen LogP contribution in [0.5, 0.6) is 0 Å². The predicted octanol–water partition coefficient (Wildman–Crippen LogP) is 6.78. The van der Waals surface area contributed by atoms with Crippen LogP contribution in [0.1, 0.15) is 15.9 Å². The molecule has 0 unspecified atom stereocenters. The first-order chi connectivity index (χ1) is 20.0. The third-order valence-corrected chi connectivity index (χ3v) is 8.32. The molecule has 10 heteroatoms. The Hall–Kier alpha value is -4.96. The van der Waals surface area contributed by atoms with Crippen molar-refractivity contribution in [3.8, 4) is 33.9 Å². The number of nitrogens with zero attached hydrogens (tertiary/aromatic N) is 2. The highest BCUT2D eigenvalue weighted by molar-refractivity contribution is 7.92. The second kappa shape index (κ2) is 10.1. The van der Waals surface area contributed by atoms with Gasteiger partial charge in [-0.25, -0.2) is 17.8 Å². The molecule has 0 radical (unpaired) electrons. The fraction of sp³-hybridized carbons (Fsp3) is 0.125. The van der Waals surface area contributed by atoms with E-state index in [1.165, 1.54) is 42.7 Å². The van der Waals surface area contributed by atoms with E-state index in [-0.39, 0.29) is 11.3 Å². The van der Waals surface area contributed by atoms with E-state index < -0.39 is 21.7 Å². The Morgan fingerprint density at radius 2 is 1.62 bits per heavy atom. The summed E-state index contributed by atoms with van der Waals surface area (Å²) in [4.78, 5) is 17.8. The third kappa shape index (κ3) is 4.79. The zero-order valence-electron chi connectivity index (χ0n) is 23.2. The van der Waals surface area contributed by atoms with E-state index in [2.05, 4.69) is 10.3 Å². The highest BCUT2D eigenvalue weighted by Gasteiger charge is 2.26. The SMILES string of the molecule is CNC(=O)c1c(-c2ccc(F)cc2)oc2cc(N(C)S(C)(=O)=O)c(-c3cc(C)cc(-c4nc5ccccc5o4)c3)cc12. The van der Waals surface area contributed by atoms with Crippen molar-refractivity contribution in [2.24, 2.45) is 0 Å². The van der Waals surface area contributed by atoms with E-state index in [4.69, 9.17) is 8.83 Å². The topological polar surface area (TPSA) is 106 Å². The van der Waals surface area contributed by atoms with Crippen LogP contribution in [0.15, 0.2) is 87.7 Å². The Morgan fingerprint density at radius 1 is 0.905 bits per heavy atom. The van der Waals surface area contributed by atoms with Gasteiger partial charge in [0.15, 0.2) is 5.58 Å². The van der Waals surface area contributed by atoms with Crippen LogP contribution in [0.4, 0.5) is 10.1 Å². The largest absolute Gasteiger partial charge is 0.455 e. The van der Waals surface area contributed by atoms with Crippen LogP contribution in [-0.2, 0) is 10.0 Å². The van der Waals surface area contributed by atoms with Crippen LogP contribution in [-0.4, -0.2) is 39.7 Å². The number of hydrogen-bond acceptors (Lipinski definition) is 6. The highest BCUT2D eigenvalue weighted by Crippen LogP contribution is 2.42. The zero-order valence-corrected chi connectivity index (χ0v) is 24.0. The first kappa shape index (κ1) is 27.2. The average Bonchev–Trinajstić information content (AvgIpc) is 3.57. The summed E-state index contributed by atoms with van der Waals surface area (Å²) in [5.74, 6) is -0.163. The number of hydrogen-bond donors (Lipinski definition) is 1. The number of carbonyl (C=O) groups excluding carboxylic acids is 1. The number of nitrogens with one attached hydrogen (secondary N) is 1. The smallest absolute Gasteiger partial charge is 0.255 e. The van der Waals surface area contributed by atoms with Crippen molar-refractivity contribution in [2.45, 2.75) is 6.92 Å². The van der Waals surface area contributed by atoms with Gasteiger partial charge >= 0.3 is 0 Å². The molecule has 42 heavy (non-hydrogen) atoms. The Labute approximate surface area is 241 Å². The number of aryl methyl sites for hydroxylation is 1. The molecule has 8 nitrogen and oxygen atoms in total. The lowest BCUT2D eigenvalue weighted by Gasteiger charge is -2.21. The molecule has 2 heterocycles. The minimum Gasteiger partial charge on any atom is -0.455 e. The van der Waals surface area contributed by atoms with Gasteiger partial charge in [0.05, 0.1) is 17.5 Å². The highest BCUT2D eigenvalue weighted by atomic mass is 32.2. The van der Waals surface area contributed by atoms with Gasteiger partial charge in [-0.3, -0.25) is 9.10 Å². The van der Waals surface area contributed by atoms with E-state index in [1.54, 1.807) is 12.1 Å². The molecule has 6 rings (SSSR count). The summed E-state index contributed by atoms with van der Waals surface area (Å²) in [7, 11) is -0.717. The van der Waals surface area contributed by atoms with Gasteiger partial charge in [0.2, 0.25) is 15.9 Å². The summed E-state index contributed by atoms with van der Waals surface area (Å²) < 4.78 is 52.6. The van der Waals surface area contributed by atoms with Crippen molar-refractivity contribution in [3.05, 3.63) is 95.8 Å². The molecule has 1 N–H and O–H groups in total. The quantitative estimate of drug-likeness (QED) is 0.232. The van der Waals surface area contributed by atoms with E-state index in [0.717, 1.165) is 17.3 Å². The molecule has 4 aromatic carbocycles. The van der Waals surface area contributed by atoms with E-state index in [1.807, 2.05) is 49.4 Å². The van der Waals surface area contributed by atoms with Crippen molar-refractivity contribution < 1.29 is 26.4 Å². The molecule has 0 bridgehead atoms. The maximum Gasteiger partial charge on any atom is 0.255 e. The molecule has 2 aromatic heterocycles. The molecule has 1 amide bonds. The summed E-state index contributed by atoms with van der Waals surface area (Å²) in [5.41, 5.74) is 5.60. The number of amides is 1. The van der Waals surface area contributed by atoms with Gasteiger partial charge in [-0.05, 0) is 72.6 Å².